The topological polar surface area (TPSA) is 66.6 Å². The van der Waals surface area contributed by atoms with Gasteiger partial charge in [0, 0.05) is 33.1 Å². The summed E-state index contributed by atoms with van der Waals surface area (Å²) in [6.45, 7) is 0.127. The number of carbonyl (C=O) groups excluding carboxylic acids is 2. The van der Waals surface area contributed by atoms with Crippen LogP contribution in [0.4, 0.5) is 0 Å². The maximum absolute atomic E-state index is 12.0. The molecule has 1 saturated carbocycles. The summed E-state index contributed by atoms with van der Waals surface area (Å²) in [4.78, 5) is 26.5. The second-order valence-corrected chi connectivity index (χ2v) is 5.64. The van der Waals surface area contributed by atoms with Gasteiger partial charge in [0.2, 0.25) is 11.8 Å². The van der Waals surface area contributed by atoms with Crippen LogP contribution in [0.2, 0.25) is 0 Å². The molecule has 0 saturated heterocycles. The van der Waals surface area contributed by atoms with Crippen molar-refractivity contribution in [3.05, 3.63) is 0 Å². The normalized spacial score (nSPS) is 18.2. The van der Waals surface area contributed by atoms with Crippen LogP contribution in [0.3, 0.4) is 0 Å². The molecule has 2 amide bonds. The Kier molecular flexibility index (Phi) is 5.14. The Morgan fingerprint density at radius 3 is 2.11 bits per heavy atom. The quantitative estimate of drug-likeness (QED) is 0.799. The van der Waals surface area contributed by atoms with Gasteiger partial charge in [-0.2, -0.15) is 0 Å². The third-order valence-electron chi connectivity index (χ3n) is 3.65. The van der Waals surface area contributed by atoms with Gasteiger partial charge in [-0.3, -0.25) is 9.59 Å². The SMILES string of the molecule is CN(C)C(=O)CN(C)C(=O)CC1(N)CCCCC1. The van der Waals surface area contributed by atoms with E-state index in [1.54, 1.807) is 21.1 Å². The number of amides is 2. The Hall–Kier alpha value is -1.10. The zero-order chi connectivity index (χ0) is 13.8. The molecule has 0 aromatic rings. The zero-order valence-electron chi connectivity index (χ0n) is 11.7. The van der Waals surface area contributed by atoms with Crippen LogP contribution in [0, 0.1) is 0 Å². The van der Waals surface area contributed by atoms with E-state index in [9.17, 15) is 9.59 Å². The predicted molar refractivity (Wildman–Crippen MR) is 71.0 cm³/mol. The van der Waals surface area contributed by atoms with Gasteiger partial charge in [-0.1, -0.05) is 19.3 Å². The summed E-state index contributed by atoms with van der Waals surface area (Å²) >= 11 is 0. The minimum atomic E-state index is -0.356. The van der Waals surface area contributed by atoms with Gasteiger partial charge in [0.25, 0.3) is 0 Å². The standard InChI is InChI=1S/C13H25N3O2/c1-15(2)12(18)10-16(3)11(17)9-13(14)7-5-4-6-8-13/h4-10,14H2,1-3H3. The van der Waals surface area contributed by atoms with Gasteiger partial charge in [0.1, 0.15) is 0 Å². The lowest BCUT2D eigenvalue weighted by molar-refractivity contribution is -0.138. The molecule has 1 aliphatic rings. The van der Waals surface area contributed by atoms with Gasteiger partial charge in [0.05, 0.1) is 6.54 Å². The number of carbonyl (C=O) groups is 2. The Morgan fingerprint density at radius 2 is 1.61 bits per heavy atom. The van der Waals surface area contributed by atoms with Crippen LogP contribution in [0.15, 0.2) is 0 Å². The highest BCUT2D eigenvalue weighted by molar-refractivity contribution is 5.84. The van der Waals surface area contributed by atoms with Crippen molar-refractivity contribution in [2.75, 3.05) is 27.7 Å². The van der Waals surface area contributed by atoms with Gasteiger partial charge in [0.15, 0.2) is 0 Å². The molecule has 0 heterocycles. The molecule has 2 N–H and O–H groups in total. The number of nitrogens with zero attached hydrogens (tertiary/aromatic N) is 2. The van der Waals surface area contributed by atoms with E-state index in [0.29, 0.717) is 6.42 Å². The lowest BCUT2D eigenvalue weighted by atomic mass is 9.80. The zero-order valence-corrected chi connectivity index (χ0v) is 11.7. The lowest BCUT2D eigenvalue weighted by Crippen LogP contribution is -2.47. The predicted octanol–water partition coefficient (Wildman–Crippen LogP) is 0.585. The van der Waals surface area contributed by atoms with Gasteiger partial charge in [-0.25, -0.2) is 0 Å². The molecule has 104 valence electrons. The van der Waals surface area contributed by atoms with Crippen molar-refractivity contribution in [1.29, 1.82) is 0 Å². The van der Waals surface area contributed by atoms with Crippen molar-refractivity contribution in [3.8, 4) is 0 Å². The van der Waals surface area contributed by atoms with Gasteiger partial charge < -0.3 is 15.5 Å². The maximum Gasteiger partial charge on any atom is 0.241 e. The fourth-order valence-electron chi connectivity index (χ4n) is 2.30. The summed E-state index contributed by atoms with van der Waals surface area (Å²) in [7, 11) is 5.04. The van der Waals surface area contributed by atoms with E-state index in [2.05, 4.69) is 0 Å². The second-order valence-electron chi connectivity index (χ2n) is 5.64. The Labute approximate surface area is 109 Å². The minimum Gasteiger partial charge on any atom is -0.347 e. The number of rotatable bonds is 4. The summed E-state index contributed by atoms with van der Waals surface area (Å²) < 4.78 is 0. The summed E-state index contributed by atoms with van der Waals surface area (Å²) in [5.74, 6) is -0.102. The molecule has 1 fully saturated rings. The van der Waals surface area contributed by atoms with E-state index in [4.69, 9.17) is 5.73 Å². The van der Waals surface area contributed by atoms with Crippen LogP contribution in [-0.2, 0) is 9.59 Å². The molecular weight excluding hydrogens is 230 g/mol. The molecule has 18 heavy (non-hydrogen) atoms. The first kappa shape index (κ1) is 15.0. The second kappa shape index (κ2) is 6.18. The first-order valence-electron chi connectivity index (χ1n) is 6.57. The smallest absolute Gasteiger partial charge is 0.241 e. The Balaban J connectivity index is 2.46. The number of hydrogen-bond donors (Lipinski definition) is 1. The van der Waals surface area contributed by atoms with Crippen LogP contribution in [0.25, 0.3) is 0 Å². The molecule has 1 rings (SSSR count). The molecule has 5 nitrogen and oxygen atoms in total. The fraction of sp³-hybridized carbons (Fsp3) is 0.846. The molecule has 0 spiro atoms. The molecule has 0 aromatic heterocycles. The van der Waals surface area contributed by atoms with Crippen LogP contribution in [-0.4, -0.2) is 54.8 Å². The van der Waals surface area contributed by atoms with E-state index >= 15 is 0 Å². The molecule has 0 radical (unpaired) electrons. The number of likely N-dealkylation sites (N-methyl/N-ethyl adjacent to an activating group) is 2. The molecule has 0 aliphatic heterocycles. The van der Waals surface area contributed by atoms with Gasteiger partial charge >= 0.3 is 0 Å². The van der Waals surface area contributed by atoms with E-state index in [0.717, 1.165) is 25.7 Å². The minimum absolute atomic E-state index is 0.0328. The van der Waals surface area contributed by atoms with Crippen molar-refractivity contribution >= 4 is 11.8 Å². The van der Waals surface area contributed by atoms with Crippen molar-refractivity contribution in [2.45, 2.75) is 44.1 Å². The monoisotopic (exact) mass is 255 g/mol. The van der Waals surface area contributed by atoms with Crippen LogP contribution in [0.1, 0.15) is 38.5 Å². The first-order valence-corrected chi connectivity index (χ1v) is 6.57. The van der Waals surface area contributed by atoms with Crippen LogP contribution in [0.5, 0.6) is 0 Å². The summed E-state index contributed by atoms with van der Waals surface area (Å²) in [5.41, 5.74) is 5.89. The van der Waals surface area contributed by atoms with Crippen molar-refractivity contribution in [2.24, 2.45) is 5.73 Å². The third-order valence-corrected chi connectivity index (χ3v) is 3.65. The van der Waals surface area contributed by atoms with E-state index < -0.39 is 0 Å². The highest BCUT2D eigenvalue weighted by atomic mass is 16.2. The van der Waals surface area contributed by atoms with E-state index in [1.165, 1.54) is 16.2 Å². The average molecular weight is 255 g/mol. The molecule has 0 atom stereocenters. The molecule has 0 bridgehead atoms. The van der Waals surface area contributed by atoms with Crippen LogP contribution < -0.4 is 5.73 Å². The van der Waals surface area contributed by atoms with E-state index in [-0.39, 0.29) is 23.9 Å². The summed E-state index contributed by atoms with van der Waals surface area (Å²) in [5, 5.41) is 0. The third kappa shape index (κ3) is 4.29. The highest BCUT2D eigenvalue weighted by Crippen LogP contribution is 2.28. The Bertz CT molecular complexity index is 309. The van der Waals surface area contributed by atoms with Gasteiger partial charge in [-0.05, 0) is 12.8 Å². The largest absolute Gasteiger partial charge is 0.347 e. The lowest BCUT2D eigenvalue weighted by Gasteiger charge is -2.34. The number of hydrogen-bond acceptors (Lipinski definition) is 3. The highest BCUT2D eigenvalue weighted by Gasteiger charge is 2.31. The summed E-state index contributed by atoms with van der Waals surface area (Å²) in [6.07, 6.45) is 5.59. The Morgan fingerprint density at radius 1 is 1.06 bits per heavy atom. The van der Waals surface area contributed by atoms with Crippen molar-refractivity contribution in [1.82, 2.24) is 9.80 Å². The molecule has 5 heteroatoms. The van der Waals surface area contributed by atoms with Crippen LogP contribution >= 0.6 is 0 Å². The molecule has 0 unspecified atom stereocenters. The molecule has 1 aliphatic carbocycles. The van der Waals surface area contributed by atoms with E-state index in [1.807, 2.05) is 0 Å². The number of nitrogens with two attached hydrogens (primary N) is 1. The molecule has 0 aromatic carbocycles. The summed E-state index contributed by atoms with van der Waals surface area (Å²) in [6, 6.07) is 0. The maximum atomic E-state index is 12.0. The molecular formula is C13H25N3O2. The van der Waals surface area contributed by atoms with Gasteiger partial charge in [-0.15, -0.1) is 0 Å². The van der Waals surface area contributed by atoms with Crippen molar-refractivity contribution < 1.29 is 9.59 Å². The first-order chi connectivity index (χ1) is 8.34. The average Bonchev–Trinajstić information content (AvgIpc) is 2.28. The fourth-order valence-corrected chi connectivity index (χ4v) is 2.30. The van der Waals surface area contributed by atoms with Crippen molar-refractivity contribution in [3.63, 3.8) is 0 Å².